The second-order valence-corrected chi connectivity index (χ2v) is 19.9. The van der Waals surface area contributed by atoms with Gasteiger partial charge in [-0.25, -0.2) is 19.9 Å². The Balaban J connectivity index is 0.890. The van der Waals surface area contributed by atoms with Crippen LogP contribution in [0.1, 0.15) is 0 Å². The highest BCUT2D eigenvalue weighted by molar-refractivity contribution is 6.06. The van der Waals surface area contributed by atoms with Crippen LogP contribution >= 0.6 is 0 Å². The predicted molar refractivity (Wildman–Crippen MR) is 322 cm³/mol. The summed E-state index contributed by atoms with van der Waals surface area (Å²) in [6, 6.07) is 97.6. The summed E-state index contributed by atoms with van der Waals surface area (Å²) in [5.74, 6) is 2.37. The van der Waals surface area contributed by atoms with Crippen molar-refractivity contribution in [3.05, 3.63) is 279 Å². The highest BCUT2D eigenvalue weighted by Crippen LogP contribution is 2.39. The Bertz CT molecular complexity index is 4560. The fourth-order valence-corrected chi connectivity index (χ4v) is 11.0. The molecular weight excluding hydrogens is 965 g/mol. The van der Waals surface area contributed by atoms with Gasteiger partial charge in [-0.05, 0) is 124 Å². The van der Waals surface area contributed by atoms with E-state index in [1.165, 1.54) is 0 Å². The van der Waals surface area contributed by atoms with Crippen LogP contribution in [-0.4, -0.2) is 29.1 Å². The minimum Gasteiger partial charge on any atom is -0.456 e. The quantitative estimate of drug-likeness (QED) is 0.136. The molecule has 370 valence electrons. The zero-order valence-electron chi connectivity index (χ0n) is 42.6. The first-order valence-corrected chi connectivity index (χ1v) is 26.5. The van der Waals surface area contributed by atoms with Crippen molar-refractivity contribution in [3.8, 4) is 101 Å². The molecule has 0 N–H and O–H groups in total. The molecule has 0 saturated heterocycles. The number of para-hydroxylation sites is 7. The van der Waals surface area contributed by atoms with Crippen LogP contribution < -0.4 is 0 Å². The van der Waals surface area contributed by atoms with E-state index >= 15 is 0 Å². The zero-order valence-corrected chi connectivity index (χ0v) is 42.6. The van der Waals surface area contributed by atoms with E-state index in [4.69, 9.17) is 24.4 Å². The van der Waals surface area contributed by atoms with Gasteiger partial charge < -0.3 is 4.42 Å². The minimum atomic E-state index is 0.602. The third kappa shape index (κ3) is 8.34. The van der Waals surface area contributed by atoms with Gasteiger partial charge in [-0.2, -0.15) is 0 Å². The van der Waals surface area contributed by atoms with Crippen molar-refractivity contribution in [2.75, 3.05) is 0 Å². The average Bonchev–Trinajstić information content (AvgIpc) is 4.34. The fraction of sp³-hybridized carbons (Fsp3) is 0. The lowest BCUT2D eigenvalue weighted by molar-refractivity contribution is 0.669. The molecule has 0 amide bonds. The van der Waals surface area contributed by atoms with Crippen molar-refractivity contribution in [1.82, 2.24) is 29.1 Å². The highest BCUT2D eigenvalue weighted by Gasteiger charge is 2.19. The maximum atomic E-state index is 6.42. The van der Waals surface area contributed by atoms with Crippen LogP contribution in [0.4, 0.5) is 0 Å². The Morgan fingerprint density at radius 2 is 0.658 bits per heavy atom. The fourth-order valence-electron chi connectivity index (χ4n) is 11.0. The molecular formula is C72H46N6O. The smallest absolute Gasteiger partial charge is 0.160 e. The second-order valence-electron chi connectivity index (χ2n) is 19.9. The molecule has 15 rings (SSSR count). The van der Waals surface area contributed by atoms with E-state index < -0.39 is 0 Å². The summed E-state index contributed by atoms with van der Waals surface area (Å²) in [6.45, 7) is 0. The third-order valence-electron chi connectivity index (χ3n) is 15.0. The molecule has 0 unspecified atom stereocenters. The van der Waals surface area contributed by atoms with Crippen LogP contribution in [0.25, 0.3) is 145 Å². The molecule has 4 heterocycles. The molecule has 7 heteroatoms. The van der Waals surface area contributed by atoms with Gasteiger partial charge >= 0.3 is 0 Å². The standard InChI is InChI=1S/C72H46N6O/c1-4-16-47(17-5-1)48-28-34-51(35-29-48)64-46-65(74-70(73-64)54-40-41-61-60-22-10-15-27-68(60)79-69(61)45-54)57-43-55(49-30-36-52(37-31-49)71-75-62-23-11-13-25-66(62)77(71)58-18-6-2-7-19-58)42-56(44-57)50-32-38-53(39-33-50)72-76-63-24-12-14-26-67(63)78(72)59-20-8-3-9-21-59/h1-46H. The molecule has 0 aliphatic heterocycles. The molecule has 0 aliphatic rings. The number of imidazole rings is 2. The van der Waals surface area contributed by atoms with Gasteiger partial charge in [0.05, 0.1) is 33.5 Å². The van der Waals surface area contributed by atoms with Crippen molar-refractivity contribution in [1.29, 1.82) is 0 Å². The molecule has 0 radical (unpaired) electrons. The topological polar surface area (TPSA) is 74.6 Å². The lowest BCUT2D eigenvalue weighted by Crippen LogP contribution is -1.98. The van der Waals surface area contributed by atoms with Crippen LogP contribution in [0.3, 0.4) is 0 Å². The first-order chi connectivity index (χ1) is 39.1. The SMILES string of the molecule is c1ccc(-c2ccc(-c3cc(-c4cc(-c5ccc(-c6nc7ccccc7n6-c6ccccc6)cc5)cc(-c5ccc(-c6nc7ccccc7n6-c6ccccc6)cc5)c4)nc(-c4ccc5c(c4)oc4ccccc45)n3)cc2)cc1. The summed E-state index contributed by atoms with van der Waals surface area (Å²) in [4.78, 5) is 21.1. The van der Waals surface area contributed by atoms with Gasteiger partial charge in [0.1, 0.15) is 22.8 Å². The van der Waals surface area contributed by atoms with E-state index in [1.807, 2.05) is 48.5 Å². The molecule has 11 aromatic carbocycles. The number of hydrogen-bond acceptors (Lipinski definition) is 5. The molecule has 0 atom stereocenters. The van der Waals surface area contributed by atoms with E-state index in [0.717, 1.165) is 140 Å². The maximum Gasteiger partial charge on any atom is 0.160 e. The van der Waals surface area contributed by atoms with Gasteiger partial charge in [-0.3, -0.25) is 9.13 Å². The van der Waals surface area contributed by atoms with Gasteiger partial charge in [-0.1, -0.05) is 188 Å². The van der Waals surface area contributed by atoms with E-state index in [1.54, 1.807) is 0 Å². The molecule has 0 saturated carbocycles. The van der Waals surface area contributed by atoms with E-state index in [2.05, 4.69) is 240 Å². The monoisotopic (exact) mass is 1010 g/mol. The molecule has 4 aromatic heterocycles. The third-order valence-corrected chi connectivity index (χ3v) is 15.0. The van der Waals surface area contributed by atoms with E-state index in [-0.39, 0.29) is 0 Å². The largest absolute Gasteiger partial charge is 0.456 e. The van der Waals surface area contributed by atoms with Gasteiger partial charge in [0, 0.05) is 50.0 Å². The van der Waals surface area contributed by atoms with Crippen LogP contribution in [0.15, 0.2) is 283 Å². The average molecular weight is 1010 g/mol. The van der Waals surface area contributed by atoms with Crippen molar-refractivity contribution in [2.24, 2.45) is 0 Å². The number of nitrogens with zero attached hydrogens (tertiary/aromatic N) is 6. The predicted octanol–water partition coefficient (Wildman–Crippen LogP) is 18.4. The first-order valence-electron chi connectivity index (χ1n) is 26.5. The van der Waals surface area contributed by atoms with E-state index in [0.29, 0.717) is 5.82 Å². The molecule has 15 aromatic rings. The number of benzene rings is 11. The molecule has 0 fully saturated rings. The second kappa shape index (κ2) is 19.1. The summed E-state index contributed by atoms with van der Waals surface area (Å²) in [5, 5.41) is 2.13. The molecule has 0 bridgehead atoms. The number of rotatable bonds is 10. The van der Waals surface area contributed by atoms with Crippen LogP contribution in [-0.2, 0) is 0 Å². The summed E-state index contributed by atoms with van der Waals surface area (Å²) in [7, 11) is 0. The number of hydrogen-bond donors (Lipinski definition) is 0. The van der Waals surface area contributed by atoms with Crippen LogP contribution in [0, 0.1) is 0 Å². The van der Waals surface area contributed by atoms with Crippen LogP contribution in [0.5, 0.6) is 0 Å². The summed E-state index contributed by atoms with van der Waals surface area (Å²) in [6.07, 6.45) is 0. The molecule has 79 heavy (non-hydrogen) atoms. The Kier molecular flexibility index (Phi) is 11.0. The number of furan rings is 1. The minimum absolute atomic E-state index is 0.602. The molecule has 0 spiro atoms. The van der Waals surface area contributed by atoms with Crippen molar-refractivity contribution in [2.45, 2.75) is 0 Å². The Morgan fingerprint density at radius 3 is 1.23 bits per heavy atom. The Hall–Kier alpha value is -10.8. The lowest BCUT2D eigenvalue weighted by Gasteiger charge is -2.14. The zero-order chi connectivity index (χ0) is 52.2. The number of fused-ring (bicyclic) bond motifs is 5. The maximum absolute atomic E-state index is 6.42. The Labute approximate surface area is 455 Å². The van der Waals surface area contributed by atoms with Gasteiger partial charge in [0.25, 0.3) is 0 Å². The Morgan fingerprint density at radius 1 is 0.253 bits per heavy atom. The summed E-state index contributed by atoms with van der Waals surface area (Å²) >= 11 is 0. The highest BCUT2D eigenvalue weighted by atomic mass is 16.3. The summed E-state index contributed by atoms with van der Waals surface area (Å²) in [5.41, 5.74) is 20.7. The van der Waals surface area contributed by atoms with Gasteiger partial charge in [0.15, 0.2) is 5.82 Å². The van der Waals surface area contributed by atoms with Crippen LogP contribution in [0.2, 0.25) is 0 Å². The number of aromatic nitrogens is 6. The van der Waals surface area contributed by atoms with Gasteiger partial charge in [0.2, 0.25) is 0 Å². The summed E-state index contributed by atoms with van der Waals surface area (Å²) < 4.78 is 10.9. The van der Waals surface area contributed by atoms with Gasteiger partial charge in [-0.15, -0.1) is 0 Å². The van der Waals surface area contributed by atoms with E-state index in [9.17, 15) is 0 Å². The lowest BCUT2D eigenvalue weighted by atomic mass is 9.93. The van der Waals surface area contributed by atoms with Crippen molar-refractivity contribution in [3.63, 3.8) is 0 Å². The normalized spacial score (nSPS) is 11.5. The van der Waals surface area contributed by atoms with Crippen molar-refractivity contribution >= 4 is 44.0 Å². The first kappa shape index (κ1) is 45.6. The molecule has 0 aliphatic carbocycles. The molecule has 7 nitrogen and oxygen atoms in total. The van der Waals surface area contributed by atoms with Crippen molar-refractivity contribution < 1.29 is 4.42 Å².